The van der Waals surface area contributed by atoms with Crippen molar-refractivity contribution in [2.45, 2.75) is 0 Å². The van der Waals surface area contributed by atoms with Gasteiger partial charge in [-0.2, -0.15) is 0 Å². The molecule has 2 rings (SSSR count). The molecule has 1 aromatic rings. The zero-order chi connectivity index (χ0) is 11.2. The van der Waals surface area contributed by atoms with Gasteiger partial charge in [-0.1, -0.05) is 30.4 Å². The first kappa shape index (κ1) is 11.3. The molecule has 1 heterocycles. The molecule has 1 aliphatic rings. The molecule has 3 heteroatoms. The zero-order valence-corrected chi connectivity index (χ0v) is 9.32. The number of nitrogens with zero attached hydrogens (tertiary/aromatic N) is 1. The maximum atomic E-state index is 13.3. The van der Waals surface area contributed by atoms with Gasteiger partial charge in [0, 0.05) is 38.3 Å². The molecule has 0 aliphatic carbocycles. The molecule has 0 atom stereocenters. The van der Waals surface area contributed by atoms with Crippen LogP contribution in [0.4, 0.5) is 4.39 Å². The smallest absolute Gasteiger partial charge is 0.130 e. The van der Waals surface area contributed by atoms with Crippen LogP contribution in [0.15, 0.2) is 30.3 Å². The molecule has 0 unspecified atom stereocenters. The normalized spacial score (nSPS) is 18.1. The van der Waals surface area contributed by atoms with E-state index in [9.17, 15) is 4.39 Å². The van der Waals surface area contributed by atoms with Crippen molar-refractivity contribution in [1.29, 1.82) is 0 Å². The zero-order valence-electron chi connectivity index (χ0n) is 9.32. The van der Waals surface area contributed by atoms with Crippen LogP contribution in [0.3, 0.4) is 0 Å². The molecule has 0 amide bonds. The Morgan fingerprint density at radius 3 is 2.75 bits per heavy atom. The summed E-state index contributed by atoms with van der Waals surface area (Å²) in [6.07, 6.45) is 3.89. The predicted octanol–water partition coefficient (Wildman–Crippen LogP) is 1.74. The summed E-state index contributed by atoms with van der Waals surface area (Å²) in [7, 11) is 0. The Balaban J connectivity index is 1.87. The first-order valence-electron chi connectivity index (χ1n) is 5.70. The lowest BCUT2D eigenvalue weighted by molar-refractivity contribution is 0.265. The van der Waals surface area contributed by atoms with Crippen LogP contribution in [-0.4, -0.2) is 37.6 Å². The summed E-state index contributed by atoms with van der Waals surface area (Å²) < 4.78 is 13.3. The average Bonchev–Trinajstić information content (AvgIpc) is 2.33. The topological polar surface area (TPSA) is 15.3 Å². The van der Waals surface area contributed by atoms with E-state index in [2.05, 4.69) is 10.2 Å². The van der Waals surface area contributed by atoms with Gasteiger partial charge in [-0.05, 0) is 6.07 Å². The van der Waals surface area contributed by atoms with Crippen LogP contribution in [0.1, 0.15) is 5.56 Å². The number of benzene rings is 1. The van der Waals surface area contributed by atoms with Crippen molar-refractivity contribution in [3.05, 3.63) is 41.7 Å². The highest BCUT2D eigenvalue weighted by Crippen LogP contribution is 2.08. The van der Waals surface area contributed by atoms with Crippen molar-refractivity contribution >= 4 is 6.08 Å². The van der Waals surface area contributed by atoms with Crippen LogP contribution in [0.2, 0.25) is 0 Å². The number of rotatable bonds is 3. The fourth-order valence-electron chi connectivity index (χ4n) is 1.83. The monoisotopic (exact) mass is 220 g/mol. The third kappa shape index (κ3) is 3.15. The summed E-state index contributed by atoms with van der Waals surface area (Å²) >= 11 is 0. The highest BCUT2D eigenvalue weighted by atomic mass is 19.1. The molecule has 2 nitrogen and oxygen atoms in total. The maximum absolute atomic E-state index is 13.3. The van der Waals surface area contributed by atoms with E-state index in [0.717, 1.165) is 32.7 Å². The Morgan fingerprint density at radius 2 is 2.00 bits per heavy atom. The van der Waals surface area contributed by atoms with Gasteiger partial charge in [0.25, 0.3) is 0 Å². The summed E-state index contributed by atoms with van der Waals surface area (Å²) in [6, 6.07) is 6.85. The molecule has 1 aliphatic heterocycles. The van der Waals surface area contributed by atoms with Gasteiger partial charge in [0.1, 0.15) is 5.82 Å². The van der Waals surface area contributed by atoms with Gasteiger partial charge < -0.3 is 5.32 Å². The molecule has 1 fully saturated rings. The summed E-state index contributed by atoms with van der Waals surface area (Å²) in [6.45, 7) is 5.14. The summed E-state index contributed by atoms with van der Waals surface area (Å²) in [4.78, 5) is 2.36. The van der Waals surface area contributed by atoms with Gasteiger partial charge in [-0.15, -0.1) is 0 Å². The van der Waals surface area contributed by atoms with Crippen LogP contribution in [0.5, 0.6) is 0 Å². The quantitative estimate of drug-likeness (QED) is 0.834. The fourth-order valence-corrected chi connectivity index (χ4v) is 1.83. The van der Waals surface area contributed by atoms with Crippen molar-refractivity contribution in [2.24, 2.45) is 0 Å². The highest BCUT2D eigenvalue weighted by molar-refractivity contribution is 5.49. The summed E-state index contributed by atoms with van der Waals surface area (Å²) in [5.74, 6) is -0.154. The summed E-state index contributed by atoms with van der Waals surface area (Å²) in [5, 5.41) is 3.31. The lowest BCUT2D eigenvalue weighted by Crippen LogP contribution is -2.43. The minimum Gasteiger partial charge on any atom is -0.314 e. The number of hydrogen-bond donors (Lipinski definition) is 1. The first-order chi connectivity index (χ1) is 7.86. The first-order valence-corrected chi connectivity index (χ1v) is 5.70. The molecule has 0 radical (unpaired) electrons. The van der Waals surface area contributed by atoms with E-state index in [4.69, 9.17) is 0 Å². The van der Waals surface area contributed by atoms with Crippen molar-refractivity contribution < 1.29 is 4.39 Å². The molecule has 1 N–H and O–H groups in total. The molecule has 0 bridgehead atoms. The van der Waals surface area contributed by atoms with Gasteiger partial charge in [-0.3, -0.25) is 4.90 Å². The van der Waals surface area contributed by atoms with Gasteiger partial charge in [0.15, 0.2) is 0 Å². The molecular weight excluding hydrogens is 203 g/mol. The number of halogens is 1. The average molecular weight is 220 g/mol. The lowest BCUT2D eigenvalue weighted by Gasteiger charge is -2.25. The van der Waals surface area contributed by atoms with Crippen LogP contribution in [0, 0.1) is 5.82 Å². The van der Waals surface area contributed by atoms with Gasteiger partial charge in [0.05, 0.1) is 0 Å². The second kappa shape index (κ2) is 5.77. The van der Waals surface area contributed by atoms with Crippen LogP contribution in [0.25, 0.3) is 6.08 Å². The predicted molar refractivity (Wildman–Crippen MR) is 64.7 cm³/mol. The second-order valence-corrected chi connectivity index (χ2v) is 3.97. The Hall–Kier alpha value is -1.19. The third-order valence-corrected chi connectivity index (χ3v) is 2.78. The molecule has 1 aromatic carbocycles. The number of hydrogen-bond acceptors (Lipinski definition) is 2. The van der Waals surface area contributed by atoms with E-state index in [1.165, 1.54) is 6.07 Å². The van der Waals surface area contributed by atoms with Crippen molar-refractivity contribution in [2.75, 3.05) is 32.7 Å². The Labute approximate surface area is 95.8 Å². The molecule has 0 spiro atoms. The second-order valence-electron chi connectivity index (χ2n) is 3.97. The Morgan fingerprint density at radius 1 is 1.25 bits per heavy atom. The van der Waals surface area contributed by atoms with E-state index in [1.807, 2.05) is 18.2 Å². The van der Waals surface area contributed by atoms with E-state index >= 15 is 0 Å². The molecule has 0 aromatic heterocycles. The number of nitrogens with one attached hydrogen (secondary N) is 1. The van der Waals surface area contributed by atoms with Gasteiger partial charge in [-0.25, -0.2) is 4.39 Å². The Kier molecular flexibility index (Phi) is 4.08. The number of piperazine rings is 1. The molecule has 1 saturated heterocycles. The van der Waals surface area contributed by atoms with Crippen LogP contribution >= 0.6 is 0 Å². The fraction of sp³-hybridized carbons (Fsp3) is 0.385. The van der Waals surface area contributed by atoms with E-state index in [0.29, 0.717) is 5.56 Å². The molecule has 16 heavy (non-hydrogen) atoms. The minimum atomic E-state index is -0.154. The van der Waals surface area contributed by atoms with Crippen molar-refractivity contribution in [1.82, 2.24) is 10.2 Å². The third-order valence-electron chi connectivity index (χ3n) is 2.78. The van der Waals surface area contributed by atoms with Crippen LogP contribution in [-0.2, 0) is 0 Å². The van der Waals surface area contributed by atoms with Gasteiger partial charge in [0.2, 0.25) is 0 Å². The maximum Gasteiger partial charge on any atom is 0.130 e. The van der Waals surface area contributed by atoms with Crippen LogP contribution < -0.4 is 5.32 Å². The van der Waals surface area contributed by atoms with Gasteiger partial charge >= 0.3 is 0 Å². The molecule has 0 saturated carbocycles. The Bertz CT molecular complexity index is 357. The highest BCUT2D eigenvalue weighted by Gasteiger charge is 2.06. The SMILES string of the molecule is Fc1ccccc1/C=C/CN1CCNCC1. The van der Waals surface area contributed by atoms with E-state index < -0.39 is 0 Å². The summed E-state index contributed by atoms with van der Waals surface area (Å²) in [5.41, 5.74) is 0.664. The minimum absolute atomic E-state index is 0.154. The standard InChI is InChI=1S/C13H17FN2/c14-13-6-2-1-4-12(13)5-3-9-16-10-7-15-8-11-16/h1-6,15H,7-11H2/b5-3+. The van der Waals surface area contributed by atoms with E-state index in [-0.39, 0.29) is 5.82 Å². The largest absolute Gasteiger partial charge is 0.314 e. The molecular formula is C13H17FN2. The van der Waals surface area contributed by atoms with Crippen molar-refractivity contribution in [3.63, 3.8) is 0 Å². The lowest BCUT2D eigenvalue weighted by atomic mass is 10.2. The molecule has 86 valence electrons. The van der Waals surface area contributed by atoms with Crippen molar-refractivity contribution in [3.8, 4) is 0 Å². The van der Waals surface area contributed by atoms with E-state index in [1.54, 1.807) is 12.1 Å².